The normalized spacial score (nSPS) is 23.7. The van der Waals surface area contributed by atoms with Gasteiger partial charge in [0.2, 0.25) is 20.0 Å². The van der Waals surface area contributed by atoms with Gasteiger partial charge in [-0.3, -0.25) is 0 Å². The minimum absolute atomic E-state index is 0.121. The lowest BCUT2D eigenvalue weighted by molar-refractivity contribution is 0.137. The predicted octanol–water partition coefficient (Wildman–Crippen LogP) is 1.78. The fraction of sp³-hybridized carbons (Fsp3) is 0.350. The summed E-state index contributed by atoms with van der Waals surface area (Å²) in [4.78, 5) is 11.8. The minimum atomic E-state index is -4.20. The number of benzene rings is 2. The van der Waals surface area contributed by atoms with Gasteiger partial charge in [0, 0.05) is 18.9 Å². The molecule has 1 saturated heterocycles. The van der Waals surface area contributed by atoms with E-state index in [0.29, 0.717) is 18.7 Å². The lowest BCUT2D eigenvalue weighted by atomic mass is 10.1. The summed E-state index contributed by atoms with van der Waals surface area (Å²) in [7, 11) is -8.22. The highest BCUT2D eigenvalue weighted by Crippen LogP contribution is 2.34. The Labute approximate surface area is 201 Å². The molecular weight excluding hydrogens is 508 g/mol. The molecule has 184 valence electrons. The first kappa shape index (κ1) is 24.5. The number of nitrogens with two attached hydrogens (primary N) is 1. The SMILES string of the molecule is C[C@@H]1C[C@H](Oc2ccc(CC3Nc4cc(Cl)c(S(N)(=O)=O)cc4S(=O)(=O)N3)cc2)CN1C(=O)O. The van der Waals surface area contributed by atoms with Gasteiger partial charge in [0.15, 0.2) is 0 Å². The van der Waals surface area contributed by atoms with E-state index in [4.69, 9.17) is 21.5 Å². The molecule has 0 bridgehead atoms. The van der Waals surface area contributed by atoms with Gasteiger partial charge in [0.1, 0.15) is 21.6 Å². The molecule has 2 aliphatic rings. The molecule has 1 unspecified atom stereocenters. The largest absolute Gasteiger partial charge is 0.489 e. The third-order valence-electron chi connectivity index (χ3n) is 5.71. The third kappa shape index (κ3) is 5.08. The van der Waals surface area contributed by atoms with Gasteiger partial charge in [0.05, 0.1) is 23.4 Å². The first-order valence-electron chi connectivity index (χ1n) is 10.2. The van der Waals surface area contributed by atoms with Crippen LogP contribution < -0.4 is 19.9 Å². The van der Waals surface area contributed by atoms with Crippen molar-refractivity contribution >= 4 is 43.4 Å². The van der Waals surface area contributed by atoms with Crippen molar-refractivity contribution in [1.82, 2.24) is 9.62 Å². The van der Waals surface area contributed by atoms with Crippen LogP contribution in [0.2, 0.25) is 5.02 Å². The fourth-order valence-corrected chi connectivity index (χ4v) is 6.61. The van der Waals surface area contributed by atoms with Crippen LogP contribution in [0.4, 0.5) is 10.5 Å². The summed E-state index contributed by atoms with van der Waals surface area (Å²) in [6.45, 7) is 2.13. The van der Waals surface area contributed by atoms with Crippen molar-refractivity contribution in [2.24, 2.45) is 5.14 Å². The summed E-state index contributed by atoms with van der Waals surface area (Å²) in [6.07, 6.45) is -1.05. The number of primary sulfonamides is 1. The number of nitrogens with one attached hydrogen (secondary N) is 2. The number of halogens is 1. The fourth-order valence-electron chi connectivity index (χ4n) is 4.11. The van der Waals surface area contributed by atoms with Crippen LogP contribution in [-0.2, 0) is 26.5 Å². The summed E-state index contributed by atoms with van der Waals surface area (Å²) in [5, 5.41) is 17.1. The molecule has 0 saturated carbocycles. The van der Waals surface area contributed by atoms with Crippen LogP contribution in [0.25, 0.3) is 0 Å². The molecular formula is C20H23ClN4O7S2. The second-order valence-electron chi connectivity index (χ2n) is 8.25. The lowest BCUT2D eigenvalue weighted by Gasteiger charge is -2.28. The van der Waals surface area contributed by atoms with Gasteiger partial charge in [-0.2, -0.15) is 4.72 Å². The first-order valence-corrected chi connectivity index (χ1v) is 13.6. The molecule has 0 spiro atoms. The predicted molar refractivity (Wildman–Crippen MR) is 124 cm³/mol. The van der Waals surface area contributed by atoms with Crippen LogP contribution in [0.15, 0.2) is 46.2 Å². The van der Waals surface area contributed by atoms with E-state index >= 15 is 0 Å². The van der Waals surface area contributed by atoms with Crippen LogP contribution in [-0.4, -0.2) is 57.8 Å². The molecule has 2 aliphatic heterocycles. The van der Waals surface area contributed by atoms with Gasteiger partial charge in [-0.25, -0.2) is 26.8 Å². The monoisotopic (exact) mass is 530 g/mol. The van der Waals surface area contributed by atoms with E-state index in [-0.39, 0.29) is 34.2 Å². The molecule has 2 aromatic rings. The maximum Gasteiger partial charge on any atom is 0.407 e. The molecule has 2 heterocycles. The van der Waals surface area contributed by atoms with Crippen LogP contribution in [0.1, 0.15) is 18.9 Å². The molecule has 11 nitrogen and oxygen atoms in total. The van der Waals surface area contributed by atoms with Crippen molar-refractivity contribution in [1.29, 1.82) is 0 Å². The van der Waals surface area contributed by atoms with Crippen molar-refractivity contribution < 1.29 is 31.5 Å². The van der Waals surface area contributed by atoms with Gasteiger partial charge < -0.3 is 20.1 Å². The zero-order chi connectivity index (χ0) is 24.8. The second-order valence-corrected chi connectivity index (χ2v) is 11.9. The topological polar surface area (TPSA) is 168 Å². The van der Waals surface area contributed by atoms with Crippen molar-refractivity contribution in [2.45, 2.75) is 47.9 Å². The van der Waals surface area contributed by atoms with Crippen molar-refractivity contribution in [3.63, 3.8) is 0 Å². The summed E-state index contributed by atoms with van der Waals surface area (Å²) in [6, 6.07) is 9.08. The number of likely N-dealkylation sites (tertiary alicyclic amines) is 1. The Kier molecular flexibility index (Phi) is 6.42. The van der Waals surface area contributed by atoms with Crippen LogP contribution in [0.5, 0.6) is 5.75 Å². The van der Waals surface area contributed by atoms with Gasteiger partial charge in [-0.05, 0) is 36.8 Å². The van der Waals surface area contributed by atoms with Crippen molar-refractivity contribution in [2.75, 3.05) is 11.9 Å². The number of hydrogen-bond donors (Lipinski definition) is 4. The molecule has 34 heavy (non-hydrogen) atoms. The molecule has 1 amide bonds. The zero-order valence-corrected chi connectivity index (χ0v) is 20.3. The summed E-state index contributed by atoms with van der Waals surface area (Å²) < 4.78 is 57.2. The molecule has 5 N–H and O–H groups in total. The number of amides is 1. The summed E-state index contributed by atoms with van der Waals surface area (Å²) in [5.41, 5.74) is 0.967. The zero-order valence-electron chi connectivity index (χ0n) is 17.9. The molecule has 14 heteroatoms. The number of hydrogen-bond acceptors (Lipinski definition) is 7. The average molecular weight is 531 g/mol. The Morgan fingerprint density at radius 3 is 2.56 bits per heavy atom. The number of ether oxygens (including phenoxy) is 1. The van der Waals surface area contributed by atoms with Gasteiger partial charge >= 0.3 is 6.09 Å². The number of carbonyl (C=O) groups is 1. The standard InChI is InChI=1S/C20H23ClN4O7S2/c1-11-6-14(10-25(11)20(26)27)32-13-4-2-12(3-5-13)7-19-23-16-8-15(21)17(33(22,28)29)9-18(16)34(30,31)24-19/h2-5,8-9,11,14,19,23-24H,6-7,10H2,1H3,(H,26,27)(H2,22,28,29)/t11-,14+,19?/m1/s1. The molecule has 0 radical (unpaired) electrons. The van der Waals surface area contributed by atoms with Gasteiger partial charge in [-0.15, -0.1) is 0 Å². The number of nitrogens with zero attached hydrogens (tertiary/aromatic N) is 1. The molecule has 0 aliphatic carbocycles. The van der Waals surface area contributed by atoms with Crippen LogP contribution in [0, 0.1) is 0 Å². The van der Waals surface area contributed by atoms with E-state index in [1.165, 1.54) is 11.0 Å². The lowest BCUT2D eigenvalue weighted by Crippen LogP contribution is -2.46. The summed E-state index contributed by atoms with van der Waals surface area (Å²) in [5.74, 6) is 0.582. The van der Waals surface area contributed by atoms with E-state index < -0.39 is 37.2 Å². The van der Waals surface area contributed by atoms with Gasteiger partial charge in [0.25, 0.3) is 0 Å². The van der Waals surface area contributed by atoms with Gasteiger partial charge in [-0.1, -0.05) is 23.7 Å². The smallest absolute Gasteiger partial charge is 0.407 e. The van der Waals surface area contributed by atoms with Crippen molar-refractivity contribution in [3.05, 3.63) is 47.0 Å². The summed E-state index contributed by atoms with van der Waals surface area (Å²) >= 11 is 6.01. The highest BCUT2D eigenvalue weighted by atomic mass is 35.5. The van der Waals surface area contributed by atoms with Crippen LogP contribution >= 0.6 is 11.6 Å². The van der Waals surface area contributed by atoms with Crippen molar-refractivity contribution in [3.8, 4) is 5.75 Å². The van der Waals surface area contributed by atoms with E-state index in [9.17, 15) is 26.7 Å². The van der Waals surface area contributed by atoms with E-state index in [0.717, 1.165) is 11.6 Å². The average Bonchev–Trinajstić information content (AvgIpc) is 3.08. The number of carboxylic acid groups (broad SMARTS) is 1. The Bertz CT molecular complexity index is 1330. The number of rotatable bonds is 5. The Balaban J connectivity index is 1.45. The first-order chi connectivity index (χ1) is 15.8. The maximum absolute atomic E-state index is 12.7. The van der Waals surface area contributed by atoms with E-state index in [1.807, 2.05) is 6.92 Å². The third-order valence-corrected chi connectivity index (χ3v) is 8.59. The highest BCUT2D eigenvalue weighted by molar-refractivity contribution is 7.90. The van der Waals surface area contributed by atoms with E-state index in [2.05, 4.69) is 10.0 Å². The second kappa shape index (κ2) is 8.89. The molecule has 4 rings (SSSR count). The Morgan fingerprint density at radius 1 is 1.29 bits per heavy atom. The molecule has 3 atom stereocenters. The molecule has 0 aromatic heterocycles. The number of sulfonamides is 2. The maximum atomic E-state index is 12.7. The molecule has 1 fully saturated rings. The number of anilines is 1. The Morgan fingerprint density at radius 2 is 1.97 bits per heavy atom. The van der Waals surface area contributed by atoms with Crippen LogP contribution in [0.3, 0.4) is 0 Å². The number of fused-ring (bicyclic) bond motifs is 1. The van der Waals surface area contributed by atoms with E-state index in [1.54, 1.807) is 24.3 Å². The molecule has 2 aromatic carbocycles. The highest BCUT2D eigenvalue weighted by Gasteiger charge is 2.34. The Hall–Kier alpha value is -2.58. The quantitative estimate of drug-likeness (QED) is 0.453. The minimum Gasteiger partial charge on any atom is -0.489 e.